The van der Waals surface area contributed by atoms with Crippen LogP contribution in [0.25, 0.3) is 0 Å². The standard InChI is InChI=1S/C18H26O3/c1-3-17-11-7-12-18(19-2,21-17)13-10-16(17)20-14-15-8-5-4-6-9-15/h4-6,8-9,16H,3,7,10-14H2,1-2H3. The Labute approximate surface area is 127 Å². The van der Waals surface area contributed by atoms with Gasteiger partial charge in [0.15, 0.2) is 5.79 Å². The fourth-order valence-corrected chi connectivity index (χ4v) is 3.87. The van der Waals surface area contributed by atoms with E-state index in [0.717, 1.165) is 38.5 Å². The van der Waals surface area contributed by atoms with Crippen LogP contribution in [0, 0.1) is 0 Å². The Morgan fingerprint density at radius 3 is 2.71 bits per heavy atom. The summed E-state index contributed by atoms with van der Waals surface area (Å²) in [5.74, 6) is -0.360. The van der Waals surface area contributed by atoms with Crippen molar-refractivity contribution in [3.8, 4) is 0 Å². The molecule has 3 atom stereocenters. The number of fused-ring (bicyclic) bond motifs is 2. The number of hydrogen-bond donors (Lipinski definition) is 0. The molecule has 0 saturated carbocycles. The van der Waals surface area contributed by atoms with Crippen molar-refractivity contribution in [2.24, 2.45) is 0 Å². The van der Waals surface area contributed by atoms with Crippen molar-refractivity contribution in [3.63, 3.8) is 0 Å². The topological polar surface area (TPSA) is 27.7 Å². The van der Waals surface area contributed by atoms with Crippen molar-refractivity contribution in [2.45, 2.75) is 69.5 Å². The van der Waals surface area contributed by atoms with E-state index < -0.39 is 0 Å². The highest BCUT2D eigenvalue weighted by Gasteiger charge is 2.53. The highest BCUT2D eigenvalue weighted by molar-refractivity contribution is 5.13. The summed E-state index contributed by atoms with van der Waals surface area (Å²) in [6.07, 6.45) is 6.36. The van der Waals surface area contributed by atoms with Crippen molar-refractivity contribution in [1.29, 1.82) is 0 Å². The zero-order valence-electron chi connectivity index (χ0n) is 13.1. The van der Waals surface area contributed by atoms with Crippen LogP contribution in [-0.4, -0.2) is 24.6 Å². The lowest BCUT2D eigenvalue weighted by molar-refractivity contribution is -0.354. The summed E-state index contributed by atoms with van der Waals surface area (Å²) in [5, 5.41) is 0. The Bertz CT molecular complexity index is 461. The zero-order valence-corrected chi connectivity index (χ0v) is 13.1. The summed E-state index contributed by atoms with van der Waals surface area (Å²) in [6.45, 7) is 2.87. The SMILES string of the molecule is CCC12CCCC(OC)(CCC1OCc1ccccc1)O2. The Balaban J connectivity index is 1.70. The van der Waals surface area contributed by atoms with Gasteiger partial charge in [-0.1, -0.05) is 37.3 Å². The molecule has 0 amide bonds. The molecule has 0 radical (unpaired) electrons. The molecule has 0 aromatic heterocycles. The van der Waals surface area contributed by atoms with Gasteiger partial charge in [-0.05, 0) is 31.2 Å². The first-order valence-electron chi connectivity index (χ1n) is 8.13. The maximum atomic E-state index is 6.45. The molecule has 3 rings (SSSR count). The smallest absolute Gasteiger partial charge is 0.168 e. The average molecular weight is 290 g/mol. The van der Waals surface area contributed by atoms with Gasteiger partial charge in [0.05, 0.1) is 18.3 Å². The highest BCUT2D eigenvalue weighted by Crippen LogP contribution is 2.48. The Hall–Kier alpha value is -0.900. The Morgan fingerprint density at radius 1 is 1.19 bits per heavy atom. The molecule has 1 aromatic carbocycles. The minimum absolute atomic E-state index is 0.165. The largest absolute Gasteiger partial charge is 0.371 e. The van der Waals surface area contributed by atoms with Crippen molar-refractivity contribution in [3.05, 3.63) is 35.9 Å². The van der Waals surface area contributed by atoms with Crippen LogP contribution in [0.5, 0.6) is 0 Å². The summed E-state index contributed by atoms with van der Waals surface area (Å²) in [6, 6.07) is 10.4. The van der Waals surface area contributed by atoms with Gasteiger partial charge in [0, 0.05) is 20.0 Å². The van der Waals surface area contributed by atoms with Crippen LogP contribution in [0.4, 0.5) is 0 Å². The molecule has 3 unspecified atom stereocenters. The molecule has 0 N–H and O–H groups in total. The first kappa shape index (κ1) is 15.0. The predicted molar refractivity (Wildman–Crippen MR) is 82.0 cm³/mol. The molecule has 1 aromatic rings. The second kappa shape index (κ2) is 6.07. The summed E-state index contributed by atoms with van der Waals surface area (Å²) in [7, 11) is 1.77. The summed E-state index contributed by atoms with van der Waals surface area (Å²) >= 11 is 0. The highest BCUT2D eigenvalue weighted by atomic mass is 16.7. The predicted octanol–water partition coefficient (Wildman–Crippen LogP) is 4.06. The van der Waals surface area contributed by atoms with Gasteiger partial charge in [0.2, 0.25) is 0 Å². The molecule has 2 aliphatic rings. The first-order valence-corrected chi connectivity index (χ1v) is 8.13. The molecule has 2 saturated heterocycles. The van der Waals surface area contributed by atoms with Gasteiger partial charge < -0.3 is 14.2 Å². The third-order valence-electron chi connectivity index (χ3n) is 5.19. The van der Waals surface area contributed by atoms with Crippen LogP contribution in [-0.2, 0) is 20.8 Å². The first-order chi connectivity index (χ1) is 10.2. The number of rotatable bonds is 5. The number of hydrogen-bond acceptors (Lipinski definition) is 3. The van der Waals surface area contributed by atoms with Crippen LogP contribution in [0.3, 0.4) is 0 Å². The summed E-state index contributed by atoms with van der Waals surface area (Å²) < 4.78 is 18.4. The zero-order chi connectivity index (χ0) is 14.8. The lowest BCUT2D eigenvalue weighted by atomic mass is 9.76. The molecule has 3 nitrogen and oxygen atoms in total. The fraction of sp³-hybridized carbons (Fsp3) is 0.667. The van der Waals surface area contributed by atoms with Crippen molar-refractivity contribution in [2.75, 3.05) is 7.11 Å². The molecule has 0 aliphatic carbocycles. The summed E-state index contributed by atoms with van der Waals surface area (Å²) in [4.78, 5) is 0. The van der Waals surface area contributed by atoms with Gasteiger partial charge in [-0.3, -0.25) is 0 Å². The van der Waals surface area contributed by atoms with E-state index in [4.69, 9.17) is 14.2 Å². The third kappa shape index (κ3) is 2.87. The normalized spacial score (nSPS) is 35.6. The Morgan fingerprint density at radius 2 is 2.00 bits per heavy atom. The number of benzene rings is 1. The molecule has 3 heteroatoms. The minimum atomic E-state index is -0.360. The molecular weight excluding hydrogens is 264 g/mol. The van der Waals surface area contributed by atoms with Crippen LogP contribution < -0.4 is 0 Å². The quantitative estimate of drug-likeness (QED) is 0.818. The van der Waals surface area contributed by atoms with Crippen molar-refractivity contribution < 1.29 is 14.2 Å². The molecule has 2 aliphatic heterocycles. The van der Waals surface area contributed by atoms with Gasteiger partial charge in [0.25, 0.3) is 0 Å². The van der Waals surface area contributed by atoms with E-state index >= 15 is 0 Å². The van der Waals surface area contributed by atoms with Gasteiger partial charge in [-0.15, -0.1) is 0 Å². The molecule has 2 fully saturated rings. The third-order valence-corrected chi connectivity index (χ3v) is 5.19. The summed E-state index contributed by atoms with van der Waals surface area (Å²) in [5.41, 5.74) is 1.06. The van der Waals surface area contributed by atoms with Gasteiger partial charge in [-0.2, -0.15) is 0 Å². The van der Waals surface area contributed by atoms with Crippen LogP contribution in [0.15, 0.2) is 30.3 Å². The van der Waals surface area contributed by atoms with E-state index in [9.17, 15) is 0 Å². The Kier molecular flexibility index (Phi) is 4.34. The molecule has 2 bridgehead atoms. The van der Waals surface area contributed by atoms with E-state index in [1.165, 1.54) is 5.56 Å². The fourth-order valence-electron chi connectivity index (χ4n) is 3.87. The van der Waals surface area contributed by atoms with E-state index in [1.54, 1.807) is 7.11 Å². The van der Waals surface area contributed by atoms with E-state index in [0.29, 0.717) is 6.61 Å². The lowest BCUT2D eigenvalue weighted by Gasteiger charge is -2.54. The average Bonchev–Trinajstić information content (AvgIpc) is 2.55. The van der Waals surface area contributed by atoms with Gasteiger partial charge >= 0.3 is 0 Å². The maximum absolute atomic E-state index is 6.45. The molecule has 0 spiro atoms. The van der Waals surface area contributed by atoms with E-state index in [2.05, 4.69) is 31.2 Å². The molecular formula is C18H26O3. The maximum Gasteiger partial charge on any atom is 0.168 e. The second-order valence-corrected chi connectivity index (χ2v) is 6.31. The number of methoxy groups -OCH3 is 1. The van der Waals surface area contributed by atoms with Crippen LogP contribution in [0.1, 0.15) is 51.0 Å². The van der Waals surface area contributed by atoms with Crippen LogP contribution >= 0.6 is 0 Å². The minimum Gasteiger partial charge on any atom is -0.371 e. The van der Waals surface area contributed by atoms with E-state index in [1.807, 2.05) is 6.07 Å². The van der Waals surface area contributed by atoms with Gasteiger partial charge in [0.1, 0.15) is 0 Å². The molecule has 116 valence electrons. The van der Waals surface area contributed by atoms with Crippen LogP contribution in [0.2, 0.25) is 0 Å². The van der Waals surface area contributed by atoms with E-state index in [-0.39, 0.29) is 17.5 Å². The number of ether oxygens (including phenoxy) is 3. The monoisotopic (exact) mass is 290 g/mol. The molecule has 2 heterocycles. The van der Waals surface area contributed by atoms with Crippen molar-refractivity contribution in [1.82, 2.24) is 0 Å². The second-order valence-electron chi connectivity index (χ2n) is 6.31. The molecule has 21 heavy (non-hydrogen) atoms. The van der Waals surface area contributed by atoms with Crippen molar-refractivity contribution >= 4 is 0 Å². The van der Waals surface area contributed by atoms with Gasteiger partial charge in [-0.25, -0.2) is 0 Å². The lowest BCUT2D eigenvalue weighted by Crippen LogP contribution is -2.60.